The van der Waals surface area contributed by atoms with Gasteiger partial charge in [-0.25, -0.2) is 0 Å². The fourth-order valence-electron chi connectivity index (χ4n) is 3.71. The molecule has 0 fully saturated rings. The van der Waals surface area contributed by atoms with Gasteiger partial charge in [-0.2, -0.15) is 0 Å². The second kappa shape index (κ2) is 12.5. The summed E-state index contributed by atoms with van der Waals surface area (Å²) in [5, 5.41) is 11.1. The number of benzene rings is 1. The Kier molecular flexibility index (Phi) is 11.0. The van der Waals surface area contributed by atoms with Gasteiger partial charge in [0.05, 0.1) is 0 Å². The summed E-state index contributed by atoms with van der Waals surface area (Å²) in [6, 6.07) is 9.72. The Morgan fingerprint density at radius 2 is 1.60 bits per heavy atom. The van der Waals surface area contributed by atoms with Crippen LogP contribution in [-0.4, -0.2) is 24.6 Å². The van der Waals surface area contributed by atoms with Gasteiger partial charge >= 0.3 is 0 Å². The van der Waals surface area contributed by atoms with E-state index >= 15 is 0 Å². The molecule has 1 N–H and O–H groups in total. The summed E-state index contributed by atoms with van der Waals surface area (Å²) in [5.41, 5.74) is 0.846. The van der Waals surface area contributed by atoms with Crippen LogP contribution < -0.4 is 0 Å². The predicted molar refractivity (Wildman–Crippen MR) is 105 cm³/mol. The highest BCUT2D eigenvalue weighted by Gasteiger charge is 2.46. The van der Waals surface area contributed by atoms with Crippen molar-refractivity contribution in [1.29, 1.82) is 0 Å². The molecule has 25 heavy (non-hydrogen) atoms. The zero-order valence-electron chi connectivity index (χ0n) is 16.7. The Labute approximate surface area is 154 Å². The van der Waals surface area contributed by atoms with Crippen molar-refractivity contribution in [2.75, 3.05) is 13.7 Å². The van der Waals surface area contributed by atoms with Crippen molar-refractivity contribution in [3.05, 3.63) is 35.9 Å². The first-order valence-corrected chi connectivity index (χ1v) is 10.1. The molecule has 0 heterocycles. The van der Waals surface area contributed by atoms with E-state index in [1.54, 1.807) is 7.11 Å². The fourth-order valence-corrected chi connectivity index (χ4v) is 3.71. The van der Waals surface area contributed by atoms with Gasteiger partial charge in [0.15, 0.2) is 0 Å². The van der Waals surface area contributed by atoms with Gasteiger partial charge in [0, 0.05) is 19.6 Å². The molecular formula is C22H38O3. The number of hydrogen-bond donors (Lipinski definition) is 1. The van der Waals surface area contributed by atoms with Crippen molar-refractivity contribution >= 4 is 0 Å². The van der Waals surface area contributed by atoms with Gasteiger partial charge in [0.25, 0.3) is 0 Å². The van der Waals surface area contributed by atoms with Crippen LogP contribution in [0.4, 0.5) is 0 Å². The molecule has 3 unspecified atom stereocenters. The zero-order chi connectivity index (χ0) is 18.5. The van der Waals surface area contributed by atoms with Crippen LogP contribution in [0.2, 0.25) is 0 Å². The third kappa shape index (κ3) is 6.40. The van der Waals surface area contributed by atoms with Gasteiger partial charge in [0.1, 0.15) is 6.10 Å². The Morgan fingerprint density at radius 1 is 0.960 bits per heavy atom. The molecule has 1 aromatic rings. The van der Waals surface area contributed by atoms with Gasteiger partial charge in [-0.3, -0.25) is 0 Å². The number of aliphatic hydroxyl groups excluding tert-OH is 1. The maximum Gasteiger partial charge on any atom is 0.201 e. The maximum atomic E-state index is 11.1. The second-order valence-corrected chi connectivity index (χ2v) is 6.83. The molecule has 0 aromatic heterocycles. The summed E-state index contributed by atoms with van der Waals surface area (Å²) in [6.07, 6.45) is 8.76. The van der Waals surface area contributed by atoms with Crippen LogP contribution in [-0.2, 0) is 9.47 Å². The predicted octanol–water partition coefficient (Wildman–Crippen LogP) is 5.88. The highest BCUT2D eigenvalue weighted by atomic mass is 16.7. The molecule has 0 saturated carbocycles. The molecule has 0 aliphatic rings. The molecule has 3 nitrogen and oxygen atoms in total. The van der Waals surface area contributed by atoms with Crippen LogP contribution in [0.15, 0.2) is 30.3 Å². The SMILES string of the molecule is CCCCCCCCC(CC)C(OC)(OCC)C(O)c1ccccc1. The Balaban J connectivity index is 2.82. The van der Waals surface area contributed by atoms with Crippen molar-refractivity contribution in [1.82, 2.24) is 0 Å². The average Bonchev–Trinajstić information content (AvgIpc) is 2.66. The lowest BCUT2D eigenvalue weighted by Crippen LogP contribution is -2.48. The van der Waals surface area contributed by atoms with Gasteiger partial charge in [-0.15, -0.1) is 0 Å². The van der Waals surface area contributed by atoms with E-state index in [1.165, 1.54) is 32.1 Å². The quantitative estimate of drug-likeness (QED) is 0.336. The molecule has 0 saturated heterocycles. The van der Waals surface area contributed by atoms with E-state index in [0.717, 1.165) is 24.8 Å². The molecule has 0 amide bonds. The third-order valence-electron chi connectivity index (χ3n) is 5.15. The first-order chi connectivity index (χ1) is 12.2. The molecule has 0 radical (unpaired) electrons. The monoisotopic (exact) mass is 350 g/mol. The normalized spacial score (nSPS) is 16.4. The van der Waals surface area contributed by atoms with E-state index < -0.39 is 11.9 Å². The molecule has 0 bridgehead atoms. The van der Waals surface area contributed by atoms with Gasteiger partial charge < -0.3 is 14.6 Å². The summed E-state index contributed by atoms with van der Waals surface area (Å²) < 4.78 is 11.9. The molecule has 3 atom stereocenters. The van der Waals surface area contributed by atoms with Crippen molar-refractivity contribution < 1.29 is 14.6 Å². The van der Waals surface area contributed by atoms with Crippen molar-refractivity contribution in [2.24, 2.45) is 5.92 Å². The molecular weight excluding hydrogens is 312 g/mol. The van der Waals surface area contributed by atoms with Crippen molar-refractivity contribution in [2.45, 2.75) is 84.0 Å². The zero-order valence-corrected chi connectivity index (χ0v) is 16.7. The summed E-state index contributed by atoms with van der Waals surface area (Å²) in [4.78, 5) is 0. The number of hydrogen-bond acceptors (Lipinski definition) is 3. The minimum atomic E-state index is -0.978. The number of ether oxygens (including phenoxy) is 2. The molecule has 0 aliphatic carbocycles. The van der Waals surface area contributed by atoms with Crippen LogP contribution >= 0.6 is 0 Å². The summed E-state index contributed by atoms with van der Waals surface area (Å²) in [6.45, 7) is 6.88. The topological polar surface area (TPSA) is 38.7 Å². The summed E-state index contributed by atoms with van der Waals surface area (Å²) in [5.74, 6) is -0.812. The highest BCUT2D eigenvalue weighted by molar-refractivity contribution is 5.20. The van der Waals surface area contributed by atoms with Crippen LogP contribution in [0.3, 0.4) is 0 Å². The lowest BCUT2D eigenvalue weighted by molar-refractivity contribution is -0.302. The standard InChI is InChI=1S/C22H38O3/c1-5-8-9-10-11-15-18-20(6-2)22(24-4,25-7-3)21(23)19-16-13-12-14-17-19/h12-14,16-17,20-21,23H,5-11,15,18H2,1-4H3. The molecule has 1 rings (SSSR count). The van der Waals surface area contributed by atoms with Gasteiger partial charge in [-0.05, 0) is 25.3 Å². The molecule has 0 spiro atoms. The molecule has 1 aromatic carbocycles. The molecule has 3 heteroatoms. The van der Waals surface area contributed by atoms with E-state index in [9.17, 15) is 5.11 Å². The number of aliphatic hydroxyl groups is 1. The van der Waals surface area contributed by atoms with Gasteiger partial charge in [0.2, 0.25) is 5.79 Å². The fraction of sp³-hybridized carbons (Fsp3) is 0.727. The molecule has 0 aliphatic heterocycles. The van der Waals surface area contributed by atoms with E-state index in [0.29, 0.717) is 6.61 Å². The number of unbranched alkanes of at least 4 members (excludes halogenated alkanes) is 5. The first-order valence-electron chi connectivity index (χ1n) is 10.1. The van der Waals surface area contributed by atoms with Crippen LogP contribution in [0.25, 0.3) is 0 Å². The Hall–Kier alpha value is -0.900. The smallest absolute Gasteiger partial charge is 0.201 e. The van der Waals surface area contributed by atoms with Crippen LogP contribution in [0.5, 0.6) is 0 Å². The van der Waals surface area contributed by atoms with Crippen molar-refractivity contribution in [3.8, 4) is 0 Å². The van der Waals surface area contributed by atoms with E-state index in [-0.39, 0.29) is 5.92 Å². The first kappa shape index (κ1) is 22.1. The summed E-state index contributed by atoms with van der Waals surface area (Å²) in [7, 11) is 1.66. The summed E-state index contributed by atoms with van der Waals surface area (Å²) >= 11 is 0. The number of methoxy groups -OCH3 is 1. The van der Waals surface area contributed by atoms with E-state index in [2.05, 4.69) is 13.8 Å². The lowest BCUT2D eigenvalue weighted by Gasteiger charge is -2.42. The van der Waals surface area contributed by atoms with E-state index in [4.69, 9.17) is 9.47 Å². The minimum Gasteiger partial charge on any atom is -0.383 e. The third-order valence-corrected chi connectivity index (χ3v) is 5.15. The minimum absolute atomic E-state index is 0.166. The lowest BCUT2D eigenvalue weighted by atomic mass is 9.83. The second-order valence-electron chi connectivity index (χ2n) is 6.83. The van der Waals surface area contributed by atoms with E-state index in [1.807, 2.05) is 37.3 Å². The Morgan fingerprint density at radius 3 is 2.16 bits per heavy atom. The van der Waals surface area contributed by atoms with Crippen LogP contribution in [0.1, 0.15) is 83.8 Å². The Bertz CT molecular complexity index is 434. The van der Waals surface area contributed by atoms with Gasteiger partial charge in [-0.1, -0.05) is 82.7 Å². The maximum absolute atomic E-state index is 11.1. The average molecular weight is 351 g/mol. The molecule has 144 valence electrons. The van der Waals surface area contributed by atoms with Crippen LogP contribution in [0, 0.1) is 5.92 Å². The largest absolute Gasteiger partial charge is 0.383 e. The number of rotatable bonds is 14. The van der Waals surface area contributed by atoms with Crippen molar-refractivity contribution in [3.63, 3.8) is 0 Å². The highest BCUT2D eigenvalue weighted by Crippen LogP contribution is 2.40.